The van der Waals surface area contributed by atoms with Crippen LogP contribution in [0.15, 0.2) is 24.4 Å². The lowest BCUT2D eigenvalue weighted by molar-refractivity contribution is -0.119. The monoisotopic (exact) mass is 272 g/mol. The summed E-state index contributed by atoms with van der Waals surface area (Å²) in [6.45, 7) is 7.84. The number of aryl methyl sites for hydroxylation is 2. The van der Waals surface area contributed by atoms with Crippen molar-refractivity contribution in [2.24, 2.45) is 5.92 Å². The van der Waals surface area contributed by atoms with E-state index in [9.17, 15) is 4.79 Å². The number of aromatic nitrogens is 3. The van der Waals surface area contributed by atoms with Crippen LogP contribution in [0, 0.1) is 19.8 Å². The highest BCUT2D eigenvalue weighted by atomic mass is 16.1. The van der Waals surface area contributed by atoms with E-state index in [0.717, 1.165) is 23.6 Å². The lowest BCUT2D eigenvalue weighted by Gasteiger charge is -2.10. The molecule has 1 N–H and O–H groups in total. The summed E-state index contributed by atoms with van der Waals surface area (Å²) >= 11 is 0. The molecule has 0 saturated carbocycles. The second-order valence-electron chi connectivity index (χ2n) is 5.04. The highest BCUT2D eigenvalue weighted by molar-refractivity contribution is 5.92. The Bertz CT molecular complexity index is 601. The van der Waals surface area contributed by atoms with Crippen molar-refractivity contribution in [1.82, 2.24) is 14.8 Å². The number of nitrogens with one attached hydrogen (secondary N) is 1. The maximum absolute atomic E-state index is 11.8. The fourth-order valence-electron chi connectivity index (χ4n) is 1.90. The molecule has 0 spiro atoms. The van der Waals surface area contributed by atoms with Crippen LogP contribution in [0.2, 0.25) is 0 Å². The van der Waals surface area contributed by atoms with Crippen LogP contribution in [0.5, 0.6) is 0 Å². The van der Waals surface area contributed by atoms with Gasteiger partial charge in [-0.3, -0.25) is 4.79 Å². The third kappa shape index (κ3) is 3.04. The minimum absolute atomic E-state index is 0.00526. The summed E-state index contributed by atoms with van der Waals surface area (Å²) in [7, 11) is 0. The Kier molecular flexibility index (Phi) is 4.17. The minimum atomic E-state index is 0.00526. The van der Waals surface area contributed by atoms with Crippen molar-refractivity contribution < 1.29 is 4.79 Å². The highest BCUT2D eigenvalue weighted by Gasteiger charge is 2.11. The van der Waals surface area contributed by atoms with Gasteiger partial charge >= 0.3 is 0 Å². The number of nitrogens with zero attached hydrogens (tertiary/aromatic N) is 3. The Balaban J connectivity index is 2.14. The molecule has 0 bridgehead atoms. The average molecular weight is 272 g/mol. The molecule has 5 nitrogen and oxygen atoms in total. The van der Waals surface area contributed by atoms with Gasteiger partial charge in [-0.2, -0.15) is 5.10 Å². The molecule has 1 amide bonds. The molecule has 0 radical (unpaired) electrons. The lowest BCUT2D eigenvalue weighted by atomic mass is 10.1. The standard InChI is InChI=1S/C15H20N4O/c1-5-10(2)15(20)17-13-6-7-14(16-9-13)19-12(4)8-11(3)18-19/h6-10H,5H2,1-4H3,(H,17,20)/t10-/m0/s1. The van der Waals surface area contributed by atoms with Crippen LogP contribution in [-0.4, -0.2) is 20.7 Å². The van der Waals surface area contributed by atoms with Crippen LogP contribution in [0.3, 0.4) is 0 Å². The molecule has 1 atom stereocenters. The molecule has 0 unspecified atom stereocenters. The van der Waals surface area contributed by atoms with Crippen LogP contribution in [0.1, 0.15) is 31.7 Å². The van der Waals surface area contributed by atoms with Gasteiger partial charge in [0, 0.05) is 11.6 Å². The molecule has 0 fully saturated rings. The molecule has 0 aliphatic carbocycles. The van der Waals surface area contributed by atoms with Crippen molar-refractivity contribution >= 4 is 11.6 Å². The Morgan fingerprint density at radius 2 is 2.15 bits per heavy atom. The first-order chi connectivity index (χ1) is 9.51. The summed E-state index contributed by atoms with van der Waals surface area (Å²) in [6, 6.07) is 5.70. The molecular formula is C15H20N4O. The van der Waals surface area contributed by atoms with Gasteiger partial charge in [0.15, 0.2) is 5.82 Å². The van der Waals surface area contributed by atoms with E-state index in [2.05, 4.69) is 15.4 Å². The molecule has 0 aromatic carbocycles. The topological polar surface area (TPSA) is 59.8 Å². The summed E-state index contributed by atoms with van der Waals surface area (Å²) in [5, 5.41) is 7.24. The van der Waals surface area contributed by atoms with Crippen molar-refractivity contribution in [2.75, 3.05) is 5.32 Å². The van der Waals surface area contributed by atoms with Gasteiger partial charge in [-0.25, -0.2) is 9.67 Å². The molecular weight excluding hydrogens is 252 g/mol. The SMILES string of the molecule is CC[C@H](C)C(=O)Nc1ccc(-n2nc(C)cc2C)nc1. The average Bonchev–Trinajstić information content (AvgIpc) is 2.77. The lowest BCUT2D eigenvalue weighted by Crippen LogP contribution is -2.19. The summed E-state index contributed by atoms with van der Waals surface area (Å²) in [6.07, 6.45) is 2.48. The zero-order chi connectivity index (χ0) is 14.7. The van der Waals surface area contributed by atoms with Gasteiger partial charge in [0.25, 0.3) is 0 Å². The molecule has 2 aromatic heterocycles. The maximum atomic E-state index is 11.8. The van der Waals surface area contributed by atoms with Gasteiger partial charge in [0.2, 0.25) is 5.91 Å². The number of hydrogen-bond acceptors (Lipinski definition) is 3. The van der Waals surface area contributed by atoms with Crippen molar-refractivity contribution in [3.8, 4) is 5.82 Å². The number of carbonyl (C=O) groups is 1. The van der Waals surface area contributed by atoms with Crippen LogP contribution in [0.4, 0.5) is 5.69 Å². The van der Waals surface area contributed by atoms with E-state index in [1.807, 2.05) is 45.9 Å². The number of rotatable bonds is 4. The Morgan fingerprint density at radius 3 is 2.65 bits per heavy atom. The first-order valence-electron chi connectivity index (χ1n) is 6.81. The van der Waals surface area contributed by atoms with E-state index >= 15 is 0 Å². The van der Waals surface area contributed by atoms with E-state index in [1.54, 1.807) is 10.9 Å². The molecule has 5 heteroatoms. The fraction of sp³-hybridized carbons (Fsp3) is 0.400. The highest BCUT2D eigenvalue weighted by Crippen LogP contribution is 2.13. The van der Waals surface area contributed by atoms with Gasteiger partial charge in [-0.1, -0.05) is 13.8 Å². The predicted octanol–water partition coefficient (Wildman–Crippen LogP) is 2.87. The van der Waals surface area contributed by atoms with Crippen LogP contribution in [-0.2, 0) is 4.79 Å². The van der Waals surface area contributed by atoms with E-state index in [0.29, 0.717) is 5.69 Å². The minimum Gasteiger partial charge on any atom is -0.324 e. The van der Waals surface area contributed by atoms with Crippen molar-refractivity contribution in [3.05, 3.63) is 35.8 Å². The summed E-state index contributed by atoms with van der Waals surface area (Å²) in [5.41, 5.74) is 2.70. The van der Waals surface area contributed by atoms with Gasteiger partial charge in [-0.15, -0.1) is 0 Å². The fourth-order valence-corrected chi connectivity index (χ4v) is 1.90. The van der Waals surface area contributed by atoms with E-state index in [4.69, 9.17) is 0 Å². The predicted molar refractivity (Wildman–Crippen MR) is 78.9 cm³/mol. The largest absolute Gasteiger partial charge is 0.324 e. The normalized spacial score (nSPS) is 12.2. The second kappa shape index (κ2) is 5.86. The quantitative estimate of drug-likeness (QED) is 0.931. The molecule has 106 valence electrons. The first kappa shape index (κ1) is 14.2. The van der Waals surface area contributed by atoms with Crippen molar-refractivity contribution in [2.45, 2.75) is 34.1 Å². The zero-order valence-electron chi connectivity index (χ0n) is 12.3. The summed E-state index contributed by atoms with van der Waals surface area (Å²) in [4.78, 5) is 16.1. The van der Waals surface area contributed by atoms with Gasteiger partial charge in [-0.05, 0) is 38.5 Å². The van der Waals surface area contributed by atoms with Gasteiger partial charge < -0.3 is 5.32 Å². The van der Waals surface area contributed by atoms with E-state index < -0.39 is 0 Å². The Labute approximate surface area is 119 Å². The maximum Gasteiger partial charge on any atom is 0.227 e. The van der Waals surface area contributed by atoms with E-state index in [1.165, 1.54) is 0 Å². The van der Waals surface area contributed by atoms with Gasteiger partial charge in [0.05, 0.1) is 17.6 Å². The molecule has 2 heterocycles. The molecule has 20 heavy (non-hydrogen) atoms. The molecule has 0 aliphatic rings. The zero-order valence-corrected chi connectivity index (χ0v) is 12.3. The molecule has 2 aromatic rings. The first-order valence-corrected chi connectivity index (χ1v) is 6.81. The summed E-state index contributed by atoms with van der Waals surface area (Å²) < 4.78 is 1.79. The Morgan fingerprint density at radius 1 is 1.40 bits per heavy atom. The Hall–Kier alpha value is -2.17. The third-order valence-electron chi connectivity index (χ3n) is 3.30. The van der Waals surface area contributed by atoms with Crippen LogP contribution in [0.25, 0.3) is 5.82 Å². The summed E-state index contributed by atoms with van der Waals surface area (Å²) in [5.74, 6) is 0.774. The van der Waals surface area contributed by atoms with Crippen molar-refractivity contribution in [3.63, 3.8) is 0 Å². The molecule has 0 aliphatic heterocycles. The van der Waals surface area contributed by atoms with Crippen LogP contribution < -0.4 is 5.32 Å². The van der Waals surface area contributed by atoms with Gasteiger partial charge in [0.1, 0.15) is 0 Å². The van der Waals surface area contributed by atoms with E-state index in [-0.39, 0.29) is 11.8 Å². The number of pyridine rings is 1. The second-order valence-corrected chi connectivity index (χ2v) is 5.04. The smallest absolute Gasteiger partial charge is 0.227 e. The molecule has 2 rings (SSSR count). The van der Waals surface area contributed by atoms with Crippen molar-refractivity contribution in [1.29, 1.82) is 0 Å². The number of anilines is 1. The third-order valence-corrected chi connectivity index (χ3v) is 3.30. The molecule has 0 saturated heterocycles. The number of amides is 1. The number of hydrogen-bond donors (Lipinski definition) is 1. The number of carbonyl (C=O) groups excluding carboxylic acids is 1. The van der Waals surface area contributed by atoms with Crippen LogP contribution >= 0.6 is 0 Å².